The summed E-state index contributed by atoms with van der Waals surface area (Å²) in [5.41, 5.74) is 3.16. The Morgan fingerprint density at radius 2 is 2.04 bits per heavy atom. The first-order valence-corrected chi connectivity index (χ1v) is 9.45. The summed E-state index contributed by atoms with van der Waals surface area (Å²) in [6.45, 7) is 4.15. The van der Waals surface area contributed by atoms with Gasteiger partial charge in [0.25, 0.3) is 0 Å². The van der Waals surface area contributed by atoms with Crippen LogP contribution in [0, 0.1) is 0 Å². The Morgan fingerprint density at radius 3 is 2.73 bits per heavy atom. The Labute approximate surface area is 157 Å². The molecule has 0 atom stereocenters. The van der Waals surface area contributed by atoms with Gasteiger partial charge in [-0.2, -0.15) is 16.4 Å². The van der Waals surface area contributed by atoms with Gasteiger partial charge in [0.2, 0.25) is 0 Å². The number of hydrogen-bond donors (Lipinski definition) is 2. The van der Waals surface area contributed by atoms with Gasteiger partial charge in [0.1, 0.15) is 5.75 Å². The average Bonchev–Trinajstić information content (AvgIpc) is 3.36. The first-order chi connectivity index (χ1) is 12.8. The van der Waals surface area contributed by atoms with E-state index < -0.39 is 0 Å². The SMILES string of the molecule is CCNC(=NCc1ccsc1)NCc1ccn(-c2ccc(OC)cc2)n1. The molecule has 0 aliphatic carbocycles. The molecule has 0 saturated carbocycles. The van der Waals surface area contributed by atoms with Gasteiger partial charge in [0.05, 0.1) is 31.6 Å². The van der Waals surface area contributed by atoms with Gasteiger partial charge in [-0.3, -0.25) is 0 Å². The molecule has 1 aromatic carbocycles. The summed E-state index contributed by atoms with van der Waals surface area (Å²) in [7, 11) is 1.66. The number of rotatable bonds is 7. The van der Waals surface area contributed by atoms with Crippen molar-refractivity contribution in [3.8, 4) is 11.4 Å². The largest absolute Gasteiger partial charge is 0.497 e. The van der Waals surface area contributed by atoms with E-state index in [1.165, 1.54) is 5.56 Å². The van der Waals surface area contributed by atoms with E-state index in [1.54, 1.807) is 18.4 Å². The molecule has 0 spiro atoms. The van der Waals surface area contributed by atoms with Crippen LogP contribution in [0.1, 0.15) is 18.2 Å². The topological polar surface area (TPSA) is 63.5 Å². The minimum Gasteiger partial charge on any atom is -0.497 e. The maximum absolute atomic E-state index is 5.19. The number of nitrogens with one attached hydrogen (secondary N) is 2. The number of aliphatic imine (C=N–C) groups is 1. The summed E-state index contributed by atoms with van der Waals surface area (Å²) in [4.78, 5) is 4.61. The van der Waals surface area contributed by atoms with Gasteiger partial charge in [-0.15, -0.1) is 0 Å². The van der Waals surface area contributed by atoms with E-state index in [1.807, 2.05) is 41.2 Å². The van der Waals surface area contributed by atoms with E-state index in [-0.39, 0.29) is 0 Å². The molecule has 0 unspecified atom stereocenters. The minimum absolute atomic E-state index is 0.610. The zero-order chi connectivity index (χ0) is 18.2. The Hall–Kier alpha value is -2.80. The van der Waals surface area contributed by atoms with E-state index in [0.717, 1.165) is 29.6 Å². The zero-order valence-electron chi connectivity index (χ0n) is 15.0. The molecular formula is C19H23N5OS. The van der Waals surface area contributed by atoms with Crippen molar-refractivity contribution in [1.29, 1.82) is 0 Å². The summed E-state index contributed by atoms with van der Waals surface area (Å²) in [6.07, 6.45) is 1.95. The Kier molecular flexibility index (Phi) is 6.27. The van der Waals surface area contributed by atoms with Crippen LogP contribution in [0.25, 0.3) is 5.69 Å². The van der Waals surface area contributed by atoms with Crippen molar-refractivity contribution >= 4 is 17.3 Å². The van der Waals surface area contributed by atoms with Crippen molar-refractivity contribution in [2.75, 3.05) is 13.7 Å². The lowest BCUT2D eigenvalue weighted by molar-refractivity contribution is 0.414. The molecule has 2 heterocycles. The van der Waals surface area contributed by atoms with Crippen LogP contribution >= 0.6 is 11.3 Å². The summed E-state index contributed by atoms with van der Waals surface area (Å²) < 4.78 is 7.04. The van der Waals surface area contributed by atoms with E-state index in [4.69, 9.17) is 4.74 Å². The quantitative estimate of drug-likeness (QED) is 0.496. The smallest absolute Gasteiger partial charge is 0.191 e. The van der Waals surface area contributed by atoms with Gasteiger partial charge >= 0.3 is 0 Å². The van der Waals surface area contributed by atoms with Crippen LogP contribution < -0.4 is 15.4 Å². The number of hydrogen-bond acceptors (Lipinski definition) is 4. The normalized spacial score (nSPS) is 11.4. The van der Waals surface area contributed by atoms with E-state index in [2.05, 4.69) is 44.5 Å². The van der Waals surface area contributed by atoms with Crippen molar-refractivity contribution in [3.63, 3.8) is 0 Å². The standard InChI is InChI=1S/C19H23N5OS/c1-3-20-19(21-12-15-9-11-26-14-15)22-13-16-8-10-24(23-16)17-4-6-18(25-2)7-5-17/h4-11,14H,3,12-13H2,1-2H3,(H2,20,21,22). The number of methoxy groups -OCH3 is 1. The van der Waals surface area contributed by atoms with Gasteiger partial charge in [-0.25, -0.2) is 9.67 Å². The molecule has 2 N–H and O–H groups in total. The van der Waals surface area contributed by atoms with Gasteiger partial charge in [0.15, 0.2) is 5.96 Å². The molecule has 0 radical (unpaired) electrons. The second-order valence-corrected chi connectivity index (χ2v) is 6.41. The lowest BCUT2D eigenvalue weighted by atomic mass is 10.3. The summed E-state index contributed by atoms with van der Waals surface area (Å²) in [5, 5.41) is 15.4. The number of ether oxygens (including phenoxy) is 1. The number of guanidine groups is 1. The molecule has 26 heavy (non-hydrogen) atoms. The third kappa shape index (κ3) is 4.86. The number of nitrogens with zero attached hydrogens (tertiary/aromatic N) is 3. The second kappa shape index (κ2) is 9.05. The fourth-order valence-electron chi connectivity index (χ4n) is 2.40. The highest BCUT2D eigenvalue weighted by Crippen LogP contribution is 2.14. The minimum atomic E-state index is 0.610. The van der Waals surface area contributed by atoms with Crippen LogP contribution in [0.15, 0.2) is 58.3 Å². The molecule has 136 valence electrons. The highest BCUT2D eigenvalue weighted by Gasteiger charge is 2.04. The predicted molar refractivity (Wildman–Crippen MR) is 106 cm³/mol. The number of thiophene rings is 1. The van der Waals surface area contributed by atoms with E-state index >= 15 is 0 Å². The molecule has 0 saturated heterocycles. The summed E-state index contributed by atoms with van der Waals surface area (Å²) >= 11 is 1.69. The Bertz CT molecular complexity index is 824. The molecule has 7 heteroatoms. The van der Waals surface area contributed by atoms with Crippen LogP contribution in [0.2, 0.25) is 0 Å². The molecule has 0 aliphatic heterocycles. The third-order valence-electron chi connectivity index (χ3n) is 3.76. The molecule has 0 fully saturated rings. The monoisotopic (exact) mass is 369 g/mol. The van der Waals surface area contributed by atoms with Crippen molar-refractivity contribution in [1.82, 2.24) is 20.4 Å². The van der Waals surface area contributed by atoms with Crippen molar-refractivity contribution < 1.29 is 4.74 Å². The van der Waals surface area contributed by atoms with E-state index in [0.29, 0.717) is 13.1 Å². The first-order valence-electron chi connectivity index (χ1n) is 8.50. The Balaban J connectivity index is 1.60. The molecule has 6 nitrogen and oxygen atoms in total. The molecule has 0 amide bonds. The van der Waals surface area contributed by atoms with Crippen LogP contribution in [-0.4, -0.2) is 29.4 Å². The number of benzene rings is 1. The van der Waals surface area contributed by atoms with Crippen molar-refractivity contribution in [2.45, 2.75) is 20.0 Å². The highest BCUT2D eigenvalue weighted by molar-refractivity contribution is 7.07. The highest BCUT2D eigenvalue weighted by atomic mass is 32.1. The maximum atomic E-state index is 5.19. The second-order valence-electron chi connectivity index (χ2n) is 5.63. The third-order valence-corrected chi connectivity index (χ3v) is 4.49. The summed E-state index contributed by atoms with van der Waals surface area (Å²) in [6, 6.07) is 11.9. The van der Waals surface area contributed by atoms with Gasteiger partial charge in [-0.05, 0) is 59.6 Å². The maximum Gasteiger partial charge on any atom is 0.191 e. The Morgan fingerprint density at radius 1 is 1.19 bits per heavy atom. The van der Waals surface area contributed by atoms with Gasteiger partial charge < -0.3 is 15.4 Å². The van der Waals surface area contributed by atoms with Crippen LogP contribution in [0.4, 0.5) is 0 Å². The summed E-state index contributed by atoms with van der Waals surface area (Å²) in [5.74, 6) is 1.62. The molecule has 2 aromatic heterocycles. The average molecular weight is 369 g/mol. The predicted octanol–water partition coefficient (Wildman–Crippen LogP) is 3.20. The molecule has 0 bridgehead atoms. The lowest BCUT2D eigenvalue weighted by Gasteiger charge is -2.10. The van der Waals surface area contributed by atoms with Crippen LogP contribution in [-0.2, 0) is 13.1 Å². The lowest BCUT2D eigenvalue weighted by Crippen LogP contribution is -2.36. The molecule has 3 rings (SSSR count). The van der Waals surface area contributed by atoms with Crippen molar-refractivity contribution in [2.24, 2.45) is 4.99 Å². The fourth-order valence-corrected chi connectivity index (χ4v) is 3.06. The molecule has 3 aromatic rings. The first kappa shape index (κ1) is 18.0. The molecular weight excluding hydrogens is 346 g/mol. The van der Waals surface area contributed by atoms with Gasteiger partial charge in [-0.1, -0.05) is 0 Å². The van der Waals surface area contributed by atoms with Crippen LogP contribution in [0.5, 0.6) is 5.75 Å². The van der Waals surface area contributed by atoms with Crippen LogP contribution in [0.3, 0.4) is 0 Å². The fraction of sp³-hybridized carbons (Fsp3) is 0.263. The van der Waals surface area contributed by atoms with Gasteiger partial charge in [0, 0.05) is 12.7 Å². The number of aromatic nitrogens is 2. The molecule has 0 aliphatic rings. The van der Waals surface area contributed by atoms with E-state index in [9.17, 15) is 0 Å². The zero-order valence-corrected chi connectivity index (χ0v) is 15.8. The van der Waals surface area contributed by atoms with Crippen molar-refractivity contribution in [3.05, 3.63) is 64.6 Å².